The highest BCUT2D eigenvalue weighted by atomic mass is 16.4. The van der Waals surface area contributed by atoms with Crippen LogP contribution in [0, 0.1) is 0 Å². The van der Waals surface area contributed by atoms with E-state index in [1.165, 1.54) is 12.8 Å². The molecule has 2 rings (SSSR count). The van der Waals surface area contributed by atoms with E-state index in [1.807, 2.05) is 4.68 Å². The Bertz CT molecular complexity index is 359. The SMILES string of the molecule is O=C(O)CCCCCn1nnnc1C1CC1. The molecule has 6 heteroatoms. The fraction of sp³-hybridized carbons (Fsp3) is 0.800. The van der Waals surface area contributed by atoms with Gasteiger partial charge in [0.15, 0.2) is 5.82 Å². The zero-order valence-corrected chi connectivity index (χ0v) is 9.17. The Morgan fingerprint density at radius 1 is 1.38 bits per heavy atom. The van der Waals surface area contributed by atoms with Crippen LogP contribution in [0.15, 0.2) is 0 Å². The molecule has 1 aromatic rings. The molecule has 0 unspecified atom stereocenters. The molecule has 1 aromatic heterocycles. The predicted octanol–water partition coefficient (Wildman–Crippen LogP) is 1.20. The third-order valence-electron chi connectivity index (χ3n) is 2.76. The normalized spacial score (nSPS) is 15.2. The van der Waals surface area contributed by atoms with Crippen LogP contribution in [0.3, 0.4) is 0 Å². The lowest BCUT2D eigenvalue weighted by molar-refractivity contribution is -0.137. The summed E-state index contributed by atoms with van der Waals surface area (Å²) in [5.41, 5.74) is 0. The zero-order valence-electron chi connectivity index (χ0n) is 9.17. The summed E-state index contributed by atoms with van der Waals surface area (Å²) < 4.78 is 1.86. The summed E-state index contributed by atoms with van der Waals surface area (Å²) in [6.07, 6.45) is 5.23. The van der Waals surface area contributed by atoms with Gasteiger partial charge in [-0.15, -0.1) is 5.10 Å². The van der Waals surface area contributed by atoms with Gasteiger partial charge in [-0.05, 0) is 36.1 Å². The molecule has 0 bridgehead atoms. The van der Waals surface area contributed by atoms with Crippen molar-refractivity contribution in [1.29, 1.82) is 0 Å². The van der Waals surface area contributed by atoms with E-state index in [-0.39, 0.29) is 6.42 Å². The lowest BCUT2D eigenvalue weighted by atomic mass is 10.2. The molecule has 0 aliphatic heterocycles. The van der Waals surface area contributed by atoms with E-state index in [9.17, 15) is 4.79 Å². The monoisotopic (exact) mass is 224 g/mol. The van der Waals surface area contributed by atoms with Crippen LogP contribution in [0.25, 0.3) is 0 Å². The first-order valence-electron chi connectivity index (χ1n) is 5.75. The van der Waals surface area contributed by atoms with E-state index >= 15 is 0 Å². The van der Waals surface area contributed by atoms with Gasteiger partial charge in [-0.3, -0.25) is 4.79 Å². The number of carbonyl (C=O) groups is 1. The summed E-state index contributed by atoms with van der Waals surface area (Å²) in [7, 11) is 0. The molecule has 88 valence electrons. The fourth-order valence-corrected chi connectivity index (χ4v) is 1.72. The van der Waals surface area contributed by atoms with Gasteiger partial charge in [-0.2, -0.15) is 0 Å². The van der Waals surface area contributed by atoms with Crippen LogP contribution in [0.5, 0.6) is 0 Å². The van der Waals surface area contributed by atoms with Gasteiger partial charge in [0.05, 0.1) is 0 Å². The first kappa shape index (κ1) is 11.0. The fourth-order valence-electron chi connectivity index (χ4n) is 1.72. The minimum absolute atomic E-state index is 0.255. The number of unbranched alkanes of at least 4 members (excludes halogenated alkanes) is 2. The number of nitrogens with zero attached hydrogens (tertiary/aromatic N) is 4. The molecule has 0 spiro atoms. The average molecular weight is 224 g/mol. The zero-order chi connectivity index (χ0) is 11.4. The standard InChI is InChI=1S/C10H16N4O2/c15-9(16)4-2-1-3-7-14-10(8-5-6-8)11-12-13-14/h8H,1-7H2,(H,15,16). The van der Waals surface area contributed by atoms with E-state index in [0.29, 0.717) is 5.92 Å². The number of aliphatic carboxylic acids is 1. The third kappa shape index (κ3) is 3.01. The highest BCUT2D eigenvalue weighted by Crippen LogP contribution is 2.38. The number of tetrazole rings is 1. The van der Waals surface area contributed by atoms with Gasteiger partial charge in [0.25, 0.3) is 0 Å². The van der Waals surface area contributed by atoms with Crippen molar-refractivity contribution < 1.29 is 9.90 Å². The van der Waals surface area contributed by atoms with Crippen LogP contribution in [0.2, 0.25) is 0 Å². The van der Waals surface area contributed by atoms with Gasteiger partial charge in [-0.1, -0.05) is 6.42 Å². The molecule has 1 fully saturated rings. The predicted molar refractivity (Wildman–Crippen MR) is 55.9 cm³/mol. The molecule has 1 saturated carbocycles. The third-order valence-corrected chi connectivity index (χ3v) is 2.76. The molecular weight excluding hydrogens is 208 g/mol. The van der Waals surface area contributed by atoms with Gasteiger partial charge >= 0.3 is 5.97 Å². The number of aromatic nitrogens is 4. The van der Waals surface area contributed by atoms with Crippen molar-refractivity contribution in [3.63, 3.8) is 0 Å². The lowest BCUT2D eigenvalue weighted by Crippen LogP contribution is -2.05. The second kappa shape index (κ2) is 5.05. The maximum Gasteiger partial charge on any atom is 0.303 e. The second-order valence-corrected chi connectivity index (χ2v) is 4.24. The summed E-state index contributed by atoms with van der Waals surface area (Å²) in [6, 6.07) is 0. The maximum atomic E-state index is 10.3. The minimum atomic E-state index is -0.721. The summed E-state index contributed by atoms with van der Waals surface area (Å²) >= 11 is 0. The van der Waals surface area contributed by atoms with Gasteiger partial charge in [0.1, 0.15) is 0 Å². The first-order valence-corrected chi connectivity index (χ1v) is 5.75. The second-order valence-electron chi connectivity index (χ2n) is 4.24. The number of rotatable bonds is 7. The molecule has 1 aliphatic carbocycles. The Balaban J connectivity index is 1.68. The van der Waals surface area contributed by atoms with Gasteiger partial charge in [0.2, 0.25) is 0 Å². The Labute approximate surface area is 93.6 Å². The van der Waals surface area contributed by atoms with E-state index in [0.717, 1.165) is 31.6 Å². The molecule has 0 saturated heterocycles. The van der Waals surface area contributed by atoms with Crippen LogP contribution in [0.4, 0.5) is 0 Å². The molecule has 6 nitrogen and oxygen atoms in total. The summed E-state index contributed by atoms with van der Waals surface area (Å²) in [5.74, 6) is 0.841. The van der Waals surface area contributed by atoms with Crippen molar-refractivity contribution in [2.24, 2.45) is 0 Å². The lowest BCUT2D eigenvalue weighted by Gasteiger charge is -2.02. The van der Waals surface area contributed by atoms with Crippen LogP contribution in [-0.4, -0.2) is 31.3 Å². The van der Waals surface area contributed by atoms with Crippen molar-refractivity contribution in [3.05, 3.63) is 5.82 Å². The molecular formula is C10H16N4O2. The molecule has 16 heavy (non-hydrogen) atoms. The van der Waals surface area contributed by atoms with E-state index < -0.39 is 5.97 Å². The van der Waals surface area contributed by atoms with Gasteiger partial charge in [0, 0.05) is 18.9 Å². The average Bonchev–Trinajstić information content (AvgIpc) is 2.98. The Morgan fingerprint density at radius 3 is 2.88 bits per heavy atom. The van der Waals surface area contributed by atoms with Crippen LogP contribution >= 0.6 is 0 Å². The molecule has 0 aromatic carbocycles. The quantitative estimate of drug-likeness (QED) is 0.704. The van der Waals surface area contributed by atoms with Gasteiger partial charge in [-0.25, -0.2) is 4.68 Å². The molecule has 1 N–H and O–H groups in total. The number of carboxylic acid groups (broad SMARTS) is 1. The minimum Gasteiger partial charge on any atom is -0.481 e. The van der Waals surface area contributed by atoms with E-state index in [4.69, 9.17) is 5.11 Å². The van der Waals surface area contributed by atoms with Gasteiger partial charge < -0.3 is 5.11 Å². The van der Waals surface area contributed by atoms with Crippen molar-refractivity contribution in [3.8, 4) is 0 Å². The molecule has 0 radical (unpaired) electrons. The Morgan fingerprint density at radius 2 is 2.19 bits per heavy atom. The largest absolute Gasteiger partial charge is 0.481 e. The smallest absolute Gasteiger partial charge is 0.303 e. The number of hydrogen-bond acceptors (Lipinski definition) is 4. The number of hydrogen-bond donors (Lipinski definition) is 1. The summed E-state index contributed by atoms with van der Waals surface area (Å²) in [5, 5.41) is 20.1. The van der Waals surface area contributed by atoms with Crippen LogP contribution < -0.4 is 0 Å². The first-order chi connectivity index (χ1) is 7.77. The topological polar surface area (TPSA) is 80.9 Å². The summed E-state index contributed by atoms with van der Waals surface area (Å²) in [4.78, 5) is 10.3. The molecule has 0 amide bonds. The van der Waals surface area contributed by atoms with Crippen molar-refractivity contribution in [1.82, 2.24) is 20.2 Å². The summed E-state index contributed by atoms with van der Waals surface area (Å²) in [6.45, 7) is 0.804. The highest BCUT2D eigenvalue weighted by molar-refractivity contribution is 5.66. The van der Waals surface area contributed by atoms with Crippen LogP contribution in [0.1, 0.15) is 50.3 Å². The molecule has 1 heterocycles. The molecule has 0 atom stereocenters. The number of carboxylic acids is 1. The van der Waals surface area contributed by atoms with E-state index in [1.54, 1.807) is 0 Å². The van der Waals surface area contributed by atoms with Crippen LogP contribution in [-0.2, 0) is 11.3 Å². The highest BCUT2D eigenvalue weighted by Gasteiger charge is 2.29. The Hall–Kier alpha value is -1.46. The van der Waals surface area contributed by atoms with Crippen molar-refractivity contribution in [2.75, 3.05) is 0 Å². The van der Waals surface area contributed by atoms with E-state index in [2.05, 4.69) is 15.5 Å². The number of aryl methyl sites for hydroxylation is 1. The van der Waals surface area contributed by atoms with Crippen molar-refractivity contribution in [2.45, 2.75) is 51.0 Å². The maximum absolute atomic E-state index is 10.3. The van der Waals surface area contributed by atoms with Crippen molar-refractivity contribution >= 4 is 5.97 Å². The molecule has 1 aliphatic rings. The Kier molecular flexibility index (Phi) is 3.48.